The van der Waals surface area contributed by atoms with Gasteiger partial charge in [-0.1, -0.05) is 6.08 Å². The van der Waals surface area contributed by atoms with Crippen molar-refractivity contribution >= 4 is 11.8 Å². The maximum Gasteiger partial charge on any atom is 0.225 e. The van der Waals surface area contributed by atoms with Crippen LogP contribution in [0.15, 0.2) is 12.7 Å². The van der Waals surface area contributed by atoms with Crippen molar-refractivity contribution in [3.8, 4) is 0 Å². The molecule has 2 atom stereocenters. The molecule has 1 heterocycles. The summed E-state index contributed by atoms with van der Waals surface area (Å²) in [5.74, 6) is -0.283. The predicted octanol–water partition coefficient (Wildman–Crippen LogP) is 0.203. The maximum absolute atomic E-state index is 11.5. The van der Waals surface area contributed by atoms with Gasteiger partial charge in [-0.15, -0.1) is 6.58 Å². The molecule has 2 amide bonds. The Kier molecular flexibility index (Phi) is 3.68. The fourth-order valence-electron chi connectivity index (χ4n) is 1.46. The highest BCUT2D eigenvalue weighted by Crippen LogP contribution is 2.09. The van der Waals surface area contributed by atoms with E-state index in [4.69, 9.17) is 0 Å². The summed E-state index contributed by atoms with van der Waals surface area (Å²) in [5.41, 5.74) is 0. The molecule has 0 radical (unpaired) electrons. The van der Waals surface area contributed by atoms with E-state index in [9.17, 15) is 9.59 Å². The van der Waals surface area contributed by atoms with Crippen LogP contribution >= 0.6 is 0 Å². The second-order valence-electron chi connectivity index (χ2n) is 3.64. The summed E-state index contributed by atoms with van der Waals surface area (Å²) in [6.45, 7) is 5.98. The van der Waals surface area contributed by atoms with Crippen molar-refractivity contribution in [2.24, 2.45) is 5.92 Å². The lowest BCUT2D eigenvalue weighted by Gasteiger charge is -2.14. The normalized spacial score (nSPS) is 22.6. The molecule has 0 aliphatic carbocycles. The largest absolute Gasteiger partial charge is 0.355 e. The molecule has 0 bridgehead atoms. The molecule has 0 aromatic rings. The Hall–Kier alpha value is -1.32. The van der Waals surface area contributed by atoms with Crippen LogP contribution in [0.3, 0.4) is 0 Å². The average molecular weight is 196 g/mol. The van der Waals surface area contributed by atoms with Crippen molar-refractivity contribution in [3.05, 3.63) is 12.7 Å². The van der Waals surface area contributed by atoms with Gasteiger partial charge in [-0.05, 0) is 13.3 Å². The number of carbonyl (C=O) groups is 2. The van der Waals surface area contributed by atoms with Gasteiger partial charge >= 0.3 is 0 Å². The van der Waals surface area contributed by atoms with E-state index >= 15 is 0 Å². The Morgan fingerprint density at radius 1 is 1.86 bits per heavy atom. The van der Waals surface area contributed by atoms with Gasteiger partial charge in [0.25, 0.3) is 0 Å². The van der Waals surface area contributed by atoms with Gasteiger partial charge in [0, 0.05) is 19.0 Å². The molecule has 1 aliphatic heterocycles. The van der Waals surface area contributed by atoms with Crippen molar-refractivity contribution in [1.82, 2.24) is 10.6 Å². The van der Waals surface area contributed by atoms with Crippen molar-refractivity contribution in [2.45, 2.75) is 25.8 Å². The fourth-order valence-corrected chi connectivity index (χ4v) is 1.46. The summed E-state index contributed by atoms with van der Waals surface area (Å²) < 4.78 is 0. The first kappa shape index (κ1) is 10.8. The molecule has 1 fully saturated rings. The minimum Gasteiger partial charge on any atom is -0.355 e. The van der Waals surface area contributed by atoms with Gasteiger partial charge in [-0.3, -0.25) is 9.59 Å². The maximum atomic E-state index is 11.5. The van der Waals surface area contributed by atoms with Gasteiger partial charge in [-0.2, -0.15) is 0 Å². The predicted molar refractivity (Wildman–Crippen MR) is 53.5 cm³/mol. The Bertz CT molecular complexity index is 251. The molecular formula is C10H16N2O2. The summed E-state index contributed by atoms with van der Waals surface area (Å²) in [6.07, 6.45) is 2.83. The lowest BCUT2D eigenvalue weighted by molar-refractivity contribution is -0.127. The number of carbonyl (C=O) groups excluding carboxylic acids is 2. The summed E-state index contributed by atoms with van der Waals surface area (Å²) in [5, 5.41) is 5.48. The highest BCUT2D eigenvalue weighted by molar-refractivity contribution is 5.89. The van der Waals surface area contributed by atoms with Crippen LogP contribution in [0, 0.1) is 5.92 Å². The number of nitrogens with one attached hydrogen (secondary N) is 2. The van der Waals surface area contributed by atoms with E-state index < -0.39 is 0 Å². The SMILES string of the molecule is C=CCC(C)NC(=O)C1CNC(=O)C1. The molecule has 1 saturated heterocycles. The van der Waals surface area contributed by atoms with Gasteiger partial charge in [0.2, 0.25) is 11.8 Å². The molecule has 0 aromatic heterocycles. The van der Waals surface area contributed by atoms with E-state index in [0.717, 1.165) is 6.42 Å². The lowest BCUT2D eigenvalue weighted by Crippen LogP contribution is -2.37. The van der Waals surface area contributed by atoms with E-state index in [1.54, 1.807) is 6.08 Å². The molecule has 4 nitrogen and oxygen atoms in total. The molecule has 14 heavy (non-hydrogen) atoms. The third-order valence-electron chi connectivity index (χ3n) is 2.26. The Labute approximate surface area is 83.8 Å². The first-order valence-electron chi connectivity index (χ1n) is 4.81. The first-order chi connectivity index (χ1) is 6.63. The smallest absolute Gasteiger partial charge is 0.225 e. The number of amides is 2. The minimum absolute atomic E-state index is 0.0403. The zero-order valence-corrected chi connectivity index (χ0v) is 8.38. The highest BCUT2D eigenvalue weighted by Gasteiger charge is 2.28. The molecular weight excluding hydrogens is 180 g/mol. The lowest BCUT2D eigenvalue weighted by atomic mass is 10.1. The summed E-state index contributed by atoms with van der Waals surface area (Å²) >= 11 is 0. The number of hydrogen-bond acceptors (Lipinski definition) is 2. The molecule has 1 aliphatic rings. The second-order valence-corrected chi connectivity index (χ2v) is 3.64. The third kappa shape index (κ3) is 2.87. The van der Waals surface area contributed by atoms with Gasteiger partial charge in [0.1, 0.15) is 0 Å². The second kappa shape index (κ2) is 4.79. The van der Waals surface area contributed by atoms with Crippen LogP contribution in [0.4, 0.5) is 0 Å². The van der Waals surface area contributed by atoms with Crippen LogP contribution < -0.4 is 10.6 Å². The van der Waals surface area contributed by atoms with E-state index in [2.05, 4.69) is 17.2 Å². The average Bonchev–Trinajstić information content (AvgIpc) is 2.52. The molecule has 1 rings (SSSR count). The Morgan fingerprint density at radius 3 is 3.07 bits per heavy atom. The van der Waals surface area contributed by atoms with E-state index in [0.29, 0.717) is 13.0 Å². The number of hydrogen-bond donors (Lipinski definition) is 2. The quantitative estimate of drug-likeness (QED) is 0.631. The van der Waals surface area contributed by atoms with Crippen molar-refractivity contribution in [1.29, 1.82) is 0 Å². The number of rotatable bonds is 4. The van der Waals surface area contributed by atoms with E-state index in [1.165, 1.54) is 0 Å². The van der Waals surface area contributed by atoms with Crippen molar-refractivity contribution in [2.75, 3.05) is 6.54 Å². The molecule has 0 saturated carbocycles. The Balaban J connectivity index is 2.34. The standard InChI is InChI=1S/C10H16N2O2/c1-3-4-7(2)12-10(14)8-5-9(13)11-6-8/h3,7-8H,1,4-6H2,2H3,(H,11,13)(H,12,14). The van der Waals surface area contributed by atoms with Crippen molar-refractivity contribution < 1.29 is 9.59 Å². The summed E-state index contributed by atoms with van der Waals surface area (Å²) in [7, 11) is 0. The molecule has 0 spiro atoms. The molecule has 78 valence electrons. The van der Waals surface area contributed by atoms with Gasteiger partial charge < -0.3 is 10.6 Å². The van der Waals surface area contributed by atoms with Crippen LogP contribution in [0.25, 0.3) is 0 Å². The van der Waals surface area contributed by atoms with E-state index in [1.807, 2.05) is 6.92 Å². The monoisotopic (exact) mass is 196 g/mol. The Morgan fingerprint density at radius 2 is 2.57 bits per heavy atom. The van der Waals surface area contributed by atoms with Gasteiger partial charge in [0.05, 0.1) is 5.92 Å². The van der Waals surface area contributed by atoms with Crippen molar-refractivity contribution in [3.63, 3.8) is 0 Å². The summed E-state index contributed by atoms with van der Waals surface area (Å²) in [6, 6.07) is 0.0932. The van der Waals surface area contributed by atoms with Crippen LogP contribution in [0.5, 0.6) is 0 Å². The minimum atomic E-state index is -0.199. The summed E-state index contributed by atoms with van der Waals surface area (Å²) in [4.78, 5) is 22.4. The van der Waals surface area contributed by atoms with Crippen LogP contribution in [-0.4, -0.2) is 24.4 Å². The zero-order chi connectivity index (χ0) is 10.6. The van der Waals surface area contributed by atoms with Crippen LogP contribution in [-0.2, 0) is 9.59 Å². The third-order valence-corrected chi connectivity index (χ3v) is 2.26. The molecule has 0 aromatic carbocycles. The van der Waals surface area contributed by atoms with Gasteiger partial charge in [0.15, 0.2) is 0 Å². The fraction of sp³-hybridized carbons (Fsp3) is 0.600. The van der Waals surface area contributed by atoms with Crippen LogP contribution in [0.1, 0.15) is 19.8 Å². The molecule has 2 N–H and O–H groups in total. The topological polar surface area (TPSA) is 58.2 Å². The van der Waals surface area contributed by atoms with E-state index in [-0.39, 0.29) is 23.8 Å². The molecule has 2 unspecified atom stereocenters. The van der Waals surface area contributed by atoms with Crippen LogP contribution in [0.2, 0.25) is 0 Å². The zero-order valence-electron chi connectivity index (χ0n) is 8.38. The van der Waals surface area contributed by atoms with Gasteiger partial charge in [-0.25, -0.2) is 0 Å². The molecule has 4 heteroatoms. The highest BCUT2D eigenvalue weighted by atomic mass is 16.2. The first-order valence-corrected chi connectivity index (χ1v) is 4.81.